The average molecular weight is 281 g/mol. The molecule has 0 aliphatic rings. The molecule has 18 heavy (non-hydrogen) atoms. The van der Waals surface area contributed by atoms with Crippen molar-refractivity contribution < 1.29 is 4.79 Å². The van der Waals surface area contributed by atoms with Crippen LogP contribution in [0.25, 0.3) is 10.6 Å². The van der Waals surface area contributed by atoms with E-state index >= 15 is 0 Å². The number of hydrogen-bond donors (Lipinski definition) is 1. The molecule has 94 valence electrons. The van der Waals surface area contributed by atoms with E-state index in [-0.39, 0.29) is 5.91 Å². The molecule has 0 aliphatic carbocycles. The number of hydrogen-bond acceptors (Lipinski definition) is 3. The van der Waals surface area contributed by atoms with Gasteiger partial charge in [-0.25, -0.2) is 4.98 Å². The van der Waals surface area contributed by atoms with E-state index in [4.69, 9.17) is 11.6 Å². The second-order valence-corrected chi connectivity index (χ2v) is 5.08. The lowest BCUT2D eigenvalue weighted by Gasteiger charge is -1.99. The summed E-state index contributed by atoms with van der Waals surface area (Å²) in [7, 11) is 0. The molecule has 0 saturated heterocycles. The number of thiazole rings is 1. The van der Waals surface area contributed by atoms with Gasteiger partial charge in [0.25, 0.3) is 0 Å². The highest BCUT2D eigenvalue weighted by atomic mass is 35.5. The highest BCUT2D eigenvalue weighted by Gasteiger charge is 2.08. The van der Waals surface area contributed by atoms with Gasteiger partial charge in [0, 0.05) is 22.5 Å². The van der Waals surface area contributed by atoms with Crippen LogP contribution in [0, 0.1) is 0 Å². The van der Waals surface area contributed by atoms with Gasteiger partial charge < -0.3 is 5.32 Å². The van der Waals surface area contributed by atoms with E-state index in [0.717, 1.165) is 16.3 Å². The normalized spacial score (nSPS) is 10.3. The summed E-state index contributed by atoms with van der Waals surface area (Å²) in [5.74, 6) is 0.000411. The van der Waals surface area contributed by atoms with Crippen LogP contribution in [0.2, 0.25) is 5.02 Å². The largest absolute Gasteiger partial charge is 0.356 e. The van der Waals surface area contributed by atoms with E-state index in [2.05, 4.69) is 10.3 Å². The molecule has 0 spiro atoms. The summed E-state index contributed by atoms with van der Waals surface area (Å²) in [6.45, 7) is 2.54. The van der Waals surface area contributed by atoms with Crippen LogP contribution in [0.5, 0.6) is 0 Å². The molecule has 1 aromatic heterocycles. The molecule has 2 aromatic rings. The van der Waals surface area contributed by atoms with Crippen molar-refractivity contribution in [3.05, 3.63) is 40.4 Å². The first kappa shape index (κ1) is 13.1. The van der Waals surface area contributed by atoms with Gasteiger partial charge in [0.15, 0.2) is 0 Å². The molecule has 0 bridgehead atoms. The maximum absolute atomic E-state index is 11.4. The number of carbonyl (C=O) groups excluding carboxylic acids is 1. The fourth-order valence-corrected chi connectivity index (χ4v) is 2.57. The number of halogens is 1. The molecule has 1 heterocycles. The van der Waals surface area contributed by atoms with Crippen LogP contribution in [-0.4, -0.2) is 17.4 Å². The second kappa shape index (κ2) is 5.98. The summed E-state index contributed by atoms with van der Waals surface area (Å²) in [4.78, 5) is 15.9. The fraction of sp³-hybridized carbons (Fsp3) is 0.231. The van der Waals surface area contributed by atoms with E-state index in [1.807, 2.05) is 36.6 Å². The van der Waals surface area contributed by atoms with E-state index < -0.39 is 0 Å². The van der Waals surface area contributed by atoms with Crippen molar-refractivity contribution in [2.45, 2.75) is 13.3 Å². The molecule has 0 aliphatic heterocycles. The Balaban J connectivity index is 2.13. The lowest BCUT2D eigenvalue weighted by Crippen LogP contribution is -2.24. The predicted octanol–water partition coefficient (Wildman–Crippen LogP) is 3.14. The van der Waals surface area contributed by atoms with Gasteiger partial charge >= 0.3 is 0 Å². The second-order valence-electron chi connectivity index (χ2n) is 3.78. The first-order chi connectivity index (χ1) is 8.69. The van der Waals surface area contributed by atoms with Gasteiger partial charge in [-0.05, 0) is 19.1 Å². The number of nitrogens with zero attached hydrogens (tertiary/aromatic N) is 1. The maximum atomic E-state index is 11.4. The Morgan fingerprint density at radius 2 is 2.33 bits per heavy atom. The average Bonchev–Trinajstić information content (AvgIpc) is 2.78. The lowest BCUT2D eigenvalue weighted by molar-refractivity contribution is -0.120. The van der Waals surface area contributed by atoms with Gasteiger partial charge in [-0.3, -0.25) is 4.79 Å². The molecule has 0 radical (unpaired) electrons. The zero-order valence-corrected chi connectivity index (χ0v) is 11.5. The number of benzene rings is 1. The molecule has 2 rings (SSSR count). The molecule has 1 N–H and O–H groups in total. The highest BCUT2D eigenvalue weighted by molar-refractivity contribution is 7.13. The Morgan fingerprint density at radius 3 is 3.06 bits per heavy atom. The maximum Gasteiger partial charge on any atom is 0.226 e. The SMILES string of the molecule is CCNC(=O)Cc1csc(-c2cccc(Cl)c2)n1. The number of likely N-dealkylation sites (N-methyl/N-ethyl adjacent to an activating group) is 1. The van der Waals surface area contributed by atoms with Crippen LogP contribution in [0.15, 0.2) is 29.6 Å². The molecule has 3 nitrogen and oxygen atoms in total. The van der Waals surface area contributed by atoms with Crippen molar-refractivity contribution in [2.24, 2.45) is 0 Å². The van der Waals surface area contributed by atoms with Gasteiger partial charge in [0.05, 0.1) is 12.1 Å². The minimum atomic E-state index is 0.000411. The number of rotatable bonds is 4. The molecular weight excluding hydrogens is 268 g/mol. The van der Waals surface area contributed by atoms with E-state index in [9.17, 15) is 4.79 Å². The van der Waals surface area contributed by atoms with Gasteiger partial charge in [0.1, 0.15) is 5.01 Å². The van der Waals surface area contributed by atoms with Crippen LogP contribution in [0.3, 0.4) is 0 Å². The smallest absolute Gasteiger partial charge is 0.226 e. The van der Waals surface area contributed by atoms with E-state index in [1.54, 1.807) is 0 Å². The lowest BCUT2D eigenvalue weighted by atomic mass is 10.2. The summed E-state index contributed by atoms with van der Waals surface area (Å²) in [5, 5.41) is 6.24. The molecule has 1 aromatic carbocycles. The summed E-state index contributed by atoms with van der Waals surface area (Å²) >= 11 is 7.46. The topological polar surface area (TPSA) is 42.0 Å². The first-order valence-electron chi connectivity index (χ1n) is 5.66. The minimum absolute atomic E-state index is 0.000411. The van der Waals surface area contributed by atoms with Crippen molar-refractivity contribution in [2.75, 3.05) is 6.54 Å². The van der Waals surface area contributed by atoms with E-state index in [1.165, 1.54) is 11.3 Å². The number of aromatic nitrogens is 1. The predicted molar refractivity (Wildman–Crippen MR) is 74.9 cm³/mol. The Labute approximate surface area is 115 Å². The Kier molecular flexibility index (Phi) is 4.33. The molecule has 0 saturated carbocycles. The summed E-state index contributed by atoms with van der Waals surface area (Å²) in [6, 6.07) is 7.55. The molecule has 0 atom stereocenters. The quantitative estimate of drug-likeness (QED) is 0.935. The zero-order valence-electron chi connectivity index (χ0n) is 9.94. The molecule has 0 fully saturated rings. The van der Waals surface area contributed by atoms with Gasteiger partial charge in [-0.15, -0.1) is 11.3 Å². The first-order valence-corrected chi connectivity index (χ1v) is 6.92. The number of nitrogens with one attached hydrogen (secondary N) is 1. The Hall–Kier alpha value is -1.39. The van der Waals surface area contributed by atoms with E-state index in [0.29, 0.717) is 18.0 Å². The third kappa shape index (κ3) is 3.31. The van der Waals surface area contributed by atoms with Crippen LogP contribution < -0.4 is 5.32 Å². The number of amides is 1. The zero-order chi connectivity index (χ0) is 13.0. The minimum Gasteiger partial charge on any atom is -0.356 e. The van der Waals surface area contributed by atoms with Crippen LogP contribution in [0.4, 0.5) is 0 Å². The van der Waals surface area contributed by atoms with Crippen LogP contribution >= 0.6 is 22.9 Å². The van der Waals surface area contributed by atoms with Crippen molar-refractivity contribution >= 4 is 28.8 Å². The van der Waals surface area contributed by atoms with Crippen molar-refractivity contribution in [1.82, 2.24) is 10.3 Å². The van der Waals surface area contributed by atoms with Crippen molar-refractivity contribution in [1.29, 1.82) is 0 Å². The summed E-state index contributed by atoms with van der Waals surface area (Å²) < 4.78 is 0. The third-order valence-corrected chi connectivity index (χ3v) is 3.51. The molecule has 0 unspecified atom stereocenters. The van der Waals surface area contributed by atoms with Gasteiger partial charge in [-0.1, -0.05) is 23.7 Å². The summed E-state index contributed by atoms with van der Waals surface area (Å²) in [5.41, 5.74) is 1.77. The van der Waals surface area contributed by atoms with Crippen molar-refractivity contribution in [3.63, 3.8) is 0 Å². The molecular formula is C13H13ClN2OS. The van der Waals surface area contributed by atoms with Gasteiger partial charge in [0.2, 0.25) is 5.91 Å². The van der Waals surface area contributed by atoms with Crippen LogP contribution in [-0.2, 0) is 11.2 Å². The number of carbonyl (C=O) groups is 1. The highest BCUT2D eigenvalue weighted by Crippen LogP contribution is 2.26. The third-order valence-electron chi connectivity index (χ3n) is 2.34. The molecule has 1 amide bonds. The molecule has 5 heteroatoms. The van der Waals surface area contributed by atoms with Gasteiger partial charge in [-0.2, -0.15) is 0 Å². The monoisotopic (exact) mass is 280 g/mol. The fourth-order valence-electron chi connectivity index (χ4n) is 1.57. The Morgan fingerprint density at radius 1 is 1.50 bits per heavy atom. The van der Waals surface area contributed by atoms with Crippen molar-refractivity contribution in [3.8, 4) is 10.6 Å². The standard InChI is InChI=1S/C13H13ClN2OS/c1-2-15-12(17)7-11-8-18-13(16-11)9-4-3-5-10(14)6-9/h3-6,8H,2,7H2,1H3,(H,15,17). The summed E-state index contributed by atoms with van der Waals surface area (Å²) in [6.07, 6.45) is 0.324. The Bertz CT molecular complexity index is 553. The van der Waals surface area contributed by atoms with Crippen LogP contribution in [0.1, 0.15) is 12.6 Å².